The summed E-state index contributed by atoms with van der Waals surface area (Å²) in [5.74, 6) is 0.170. The Hall–Kier alpha value is -0.440. The lowest BCUT2D eigenvalue weighted by molar-refractivity contribution is 0.314. The van der Waals surface area contributed by atoms with Crippen molar-refractivity contribution in [1.82, 2.24) is 0 Å². The topological polar surface area (TPSA) is 21.6 Å². The van der Waals surface area contributed by atoms with Crippen molar-refractivity contribution in [2.75, 3.05) is 6.61 Å². The molecule has 0 saturated carbocycles. The van der Waals surface area contributed by atoms with Crippen LogP contribution in [0.1, 0.15) is 17.2 Å². The van der Waals surface area contributed by atoms with Gasteiger partial charge < -0.3 is 4.74 Å². The number of hydrogen-bond acceptors (Lipinski definition) is 2. The number of benzene rings is 1. The van der Waals surface area contributed by atoms with E-state index < -0.39 is 3.79 Å². The van der Waals surface area contributed by atoms with Gasteiger partial charge in [-0.05, 0) is 12.5 Å². The summed E-state index contributed by atoms with van der Waals surface area (Å²) in [6.45, 7) is 2.46. The Balaban J connectivity index is 2.20. The summed E-state index contributed by atoms with van der Waals surface area (Å²) in [6.07, 6.45) is 0. The zero-order valence-electron chi connectivity index (χ0n) is 8.58. The zero-order valence-corrected chi connectivity index (χ0v) is 10.9. The highest BCUT2D eigenvalue weighted by Crippen LogP contribution is 2.34. The molecular weight excluding hydrogens is 268 g/mol. The minimum absolute atomic E-state index is 0.0776. The third-order valence-electron chi connectivity index (χ3n) is 2.36. The molecule has 1 heterocycles. The first-order valence-electron chi connectivity index (χ1n) is 4.81. The molecule has 0 aromatic heterocycles. The van der Waals surface area contributed by atoms with Crippen LogP contribution < -0.4 is 0 Å². The molecule has 2 rings (SSSR count). The molecule has 1 unspecified atom stereocenters. The molecule has 0 N–H and O–H groups in total. The van der Waals surface area contributed by atoms with Gasteiger partial charge in [0.2, 0.25) is 5.90 Å². The number of ether oxygens (including phenoxy) is 1. The van der Waals surface area contributed by atoms with Gasteiger partial charge in [-0.25, -0.2) is 4.99 Å². The van der Waals surface area contributed by atoms with Gasteiger partial charge in [-0.1, -0.05) is 64.6 Å². The van der Waals surface area contributed by atoms with Crippen LogP contribution in [-0.2, 0) is 4.74 Å². The highest BCUT2D eigenvalue weighted by atomic mass is 35.6. The predicted molar refractivity (Wildman–Crippen MR) is 67.6 cm³/mol. The molecule has 0 bridgehead atoms. The molecule has 1 aliphatic rings. The van der Waals surface area contributed by atoms with E-state index in [0.717, 1.165) is 5.56 Å². The predicted octanol–water partition coefficient (Wildman–Crippen LogP) is 3.84. The monoisotopic (exact) mass is 277 g/mol. The molecule has 0 spiro atoms. The number of rotatable bonds is 1. The summed E-state index contributed by atoms with van der Waals surface area (Å²) in [7, 11) is 0. The Labute approximate surface area is 109 Å². The number of aliphatic imine (C=N–C) groups is 1. The maximum Gasteiger partial charge on any atom is 0.266 e. The SMILES string of the molecule is Cc1ccc(C2COC(C(Cl)(Cl)Cl)=N2)cc1. The van der Waals surface area contributed by atoms with E-state index >= 15 is 0 Å². The third-order valence-corrected chi connectivity index (χ3v) is 2.84. The van der Waals surface area contributed by atoms with Crippen LogP contribution in [0.25, 0.3) is 0 Å². The lowest BCUT2D eigenvalue weighted by Gasteiger charge is -2.08. The lowest BCUT2D eigenvalue weighted by atomic mass is 10.1. The summed E-state index contributed by atoms with van der Waals surface area (Å²) in [5, 5.41) is 0. The van der Waals surface area contributed by atoms with E-state index in [4.69, 9.17) is 39.5 Å². The van der Waals surface area contributed by atoms with Crippen LogP contribution in [0.4, 0.5) is 0 Å². The van der Waals surface area contributed by atoms with Gasteiger partial charge in [-0.2, -0.15) is 0 Å². The highest BCUT2D eigenvalue weighted by molar-refractivity contribution is 6.76. The molecule has 1 aromatic rings. The van der Waals surface area contributed by atoms with E-state index in [9.17, 15) is 0 Å². The Morgan fingerprint density at radius 2 is 1.88 bits per heavy atom. The summed E-state index contributed by atoms with van der Waals surface area (Å²) >= 11 is 17.1. The Bertz CT molecular complexity index is 408. The van der Waals surface area contributed by atoms with Gasteiger partial charge in [0.15, 0.2) is 0 Å². The van der Waals surface area contributed by atoms with E-state index in [-0.39, 0.29) is 11.9 Å². The van der Waals surface area contributed by atoms with Crippen molar-refractivity contribution in [3.05, 3.63) is 35.4 Å². The standard InChI is InChI=1S/C11H10Cl3NO/c1-7-2-4-8(5-3-7)9-6-16-10(15-9)11(12,13)14/h2-5,9H,6H2,1H3. The van der Waals surface area contributed by atoms with Gasteiger partial charge in [0, 0.05) is 0 Å². The molecule has 0 radical (unpaired) electrons. The minimum atomic E-state index is -1.57. The van der Waals surface area contributed by atoms with Crippen molar-refractivity contribution in [1.29, 1.82) is 0 Å². The van der Waals surface area contributed by atoms with Crippen LogP contribution in [0.3, 0.4) is 0 Å². The summed E-state index contributed by atoms with van der Waals surface area (Å²) < 4.78 is 3.70. The molecule has 0 amide bonds. The molecule has 1 aliphatic heterocycles. The van der Waals surface area contributed by atoms with Crippen molar-refractivity contribution in [2.45, 2.75) is 16.8 Å². The maximum atomic E-state index is 5.69. The third kappa shape index (κ3) is 2.62. The molecule has 86 valence electrons. The number of alkyl halides is 3. The van der Waals surface area contributed by atoms with Crippen molar-refractivity contribution >= 4 is 40.7 Å². The second-order valence-corrected chi connectivity index (χ2v) is 5.95. The minimum Gasteiger partial charge on any atom is -0.475 e. The van der Waals surface area contributed by atoms with Crippen molar-refractivity contribution in [3.8, 4) is 0 Å². The molecule has 5 heteroatoms. The Morgan fingerprint density at radius 1 is 1.25 bits per heavy atom. The van der Waals surface area contributed by atoms with Gasteiger partial charge in [0.1, 0.15) is 12.6 Å². The molecule has 16 heavy (non-hydrogen) atoms. The van der Waals surface area contributed by atoms with E-state index in [1.54, 1.807) is 0 Å². The number of aryl methyl sites for hydroxylation is 1. The van der Waals surface area contributed by atoms with Gasteiger partial charge in [0.25, 0.3) is 3.79 Å². The normalized spacial score (nSPS) is 20.5. The van der Waals surface area contributed by atoms with E-state index in [2.05, 4.69) is 4.99 Å². The fourth-order valence-corrected chi connectivity index (χ4v) is 1.80. The Kier molecular flexibility index (Phi) is 3.34. The lowest BCUT2D eigenvalue weighted by Crippen LogP contribution is -2.18. The molecule has 2 nitrogen and oxygen atoms in total. The highest BCUT2D eigenvalue weighted by Gasteiger charge is 2.35. The van der Waals surface area contributed by atoms with E-state index in [1.807, 2.05) is 31.2 Å². The van der Waals surface area contributed by atoms with Gasteiger partial charge in [0.05, 0.1) is 0 Å². The Morgan fingerprint density at radius 3 is 2.38 bits per heavy atom. The number of nitrogens with zero attached hydrogens (tertiary/aromatic N) is 1. The van der Waals surface area contributed by atoms with E-state index in [0.29, 0.717) is 6.61 Å². The first kappa shape index (κ1) is 12.0. The molecule has 0 saturated heterocycles. The zero-order chi connectivity index (χ0) is 11.8. The van der Waals surface area contributed by atoms with Crippen LogP contribution in [-0.4, -0.2) is 16.3 Å². The second-order valence-electron chi connectivity index (χ2n) is 3.67. The van der Waals surface area contributed by atoms with Crippen molar-refractivity contribution in [3.63, 3.8) is 0 Å². The van der Waals surface area contributed by atoms with Crippen molar-refractivity contribution in [2.24, 2.45) is 4.99 Å². The quantitative estimate of drug-likeness (QED) is 0.715. The summed E-state index contributed by atoms with van der Waals surface area (Å²) in [4.78, 5) is 4.26. The van der Waals surface area contributed by atoms with Crippen LogP contribution in [0.5, 0.6) is 0 Å². The average Bonchev–Trinajstić information content (AvgIpc) is 2.67. The first-order valence-corrected chi connectivity index (χ1v) is 5.94. The second kappa shape index (κ2) is 4.44. The van der Waals surface area contributed by atoms with Gasteiger partial charge >= 0.3 is 0 Å². The van der Waals surface area contributed by atoms with Crippen LogP contribution in [0.15, 0.2) is 29.3 Å². The van der Waals surface area contributed by atoms with Crippen LogP contribution in [0.2, 0.25) is 0 Å². The van der Waals surface area contributed by atoms with Gasteiger partial charge in [-0.15, -0.1) is 0 Å². The fraction of sp³-hybridized carbons (Fsp3) is 0.364. The van der Waals surface area contributed by atoms with Crippen LogP contribution >= 0.6 is 34.8 Å². The van der Waals surface area contributed by atoms with Crippen molar-refractivity contribution < 1.29 is 4.74 Å². The summed E-state index contributed by atoms with van der Waals surface area (Å²) in [6, 6.07) is 7.99. The molecule has 1 atom stereocenters. The largest absolute Gasteiger partial charge is 0.475 e. The average molecular weight is 279 g/mol. The summed E-state index contributed by atoms with van der Waals surface area (Å²) in [5.41, 5.74) is 2.27. The number of halogens is 3. The maximum absolute atomic E-state index is 5.69. The number of hydrogen-bond donors (Lipinski definition) is 0. The molecule has 0 fully saturated rings. The van der Waals surface area contributed by atoms with Crippen LogP contribution in [0, 0.1) is 6.92 Å². The smallest absolute Gasteiger partial charge is 0.266 e. The molecule has 0 aliphatic carbocycles. The molecular formula is C11H10Cl3NO. The van der Waals surface area contributed by atoms with Gasteiger partial charge in [-0.3, -0.25) is 0 Å². The fourth-order valence-electron chi connectivity index (χ4n) is 1.49. The first-order chi connectivity index (χ1) is 7.47. The molecule has 1 aromatic carbocycles. The van der Waals surface area contributed by atoms with E-state index in [1.165, 1.54) is 5.56 Å².